The molecule has 28 heavy (non-hydrogen) atoms. The molecule has 0 saturated carbocycles. The Balaban J connectivity index is 1.59. The number of nitrogens with zero attached hydrogens (tertiary/aromatic N) is 2. The second kappa shape index (κ2) is 8.67. The lowest BCUT2D eigenvalue weighted by molar-refractivity contribution is -0.124. The average Bonchev–Trinajstić information content (AvgIpc) is 3.00. The Bertz CT molecular complexity index is 988. The number of hydrogen-bond donors (Lipinski definition) is 1. The SMILES string of the molecule is Cc1nn(-c2ccccc2)c(Cl)c1C(=O)OCC(=O)NCc1ccc(F)cc1. The zero-order valence-corrected chi connectivity index (χ0v) is 15.7. The highest BCUT2D eigenvalue weighted by Crippen LogP contribution is 2.24. The predicted octanol–water partition coefficient (Wildman–Crippen LogP) is 3.45. The highest BCUT2D eigenvalue weighted by Gasteiger charge is 2.23. The molecule has 1 aromatic heterocycles. The number of benzene rings is 2. The fourth-order valence-electron chi connectivity index (χ4n) is 2.53. The smallest absolute Gasteiger partial charge is 0.343 e. The van der Waals surface area contributed by atoms with E-state index in [-0.39, 0.29) is 23.1 Å². The van der Waals surface area contributed by atoms with E-state index in [1.807, 2.05) is 18.2 Å². The molecule has 0 fully saturated rings. The van der Waals surface area contributed by atoms with Crippen molar-refractivity contribution in [2.24, 2.45) is 0 Å². The molecule has 8 heteroatoms. The fourth-order valence-corrected chi connectivity index (χ4v) is 2.88. The summed E-state index contributed by atoms with van der Waals surface area (Å²) >= 11 is 6.30. The van der Waals surface area contributed by atoms with Crippen LogP contribution in [-0.4, -0.2) is 28.3 Å². The van der Waals surface area contributed by atoms with Crippen LogP contribution in [0, 0.1) is 12.7 Å². The van der Waals surface area contributed by atoms with Crippen LogP contribution in [-0.2, 0) is 16.1 Å². The zero-order valence-electron chi connectivity index (χ0n) is 15.0. The molecule has 0 spiro atoms. The summed E-state index contributed by atoms with van der Waals surface area (Å²) in [6, 6.07) is 14.8. The first-order valence-corrected chi connectivity index (χ1v) is 8.82. The summed E-state index contributed by atoms with van der Waals surface area (Å²) in [5.74, 6) is -1.57. The minimum atomic E-state index is -0.735. The number of amides is 1. The molecule has 0 aliphatic heterocycles. The van der Waals surface area contributed by atoms with E-state index < -0.39 is 18.5 Å². The molecule has 0 saturated heterocycles. The van der Waals surface area contributed by atoms with Crippen molar-refractivity contribution in [3.05, 3.63) is 82.4 Å². The summed E-state index contributed by atoms with van der Waals surface area (Å²) in [5, 5.41) is 6.97. The van der Waals surface area contributed by atoms with Crippen LogP contribution in [0.15, 0.2) is 54.6 Å². The van der Waals surface area contributed by atoms with Crippen LogP contribution in [0.4, 0.5) is 4.39 Å². The molecule has 0 aliphatic rings. The van der Waals surface area contributed by atoms with E-state index in [1.54, 1.807) is 31.2 Å². The Morgan fingerprint density at radius 1 is 1.14 bits per heavy atom. The number of aromatic nitrogens is 2. The van der Waals surface area contributed by atoms with Crippen LogP contribution in [0.25, 0.3) is 5.69 Å². The largest absolute Gasteiger partial charge is 0.452 e. The van der Waals surface area contributed by atoms with Crippen LogP contribution < -0.4 is 5.32 Å². The number of ether oxygens (including phenoxy) is 1. The standard InChI is InChI=1S/C20H17ClFN3O3/c1-13-18(19(21)25(24-13)16-5-3-2-4-6-16)20(27)28-12-17(26)23-11-14-7-9-15(22)10-8-14/h2-10H,11-12H2,1H3,(H,23,26). The van der Waals surface area contributed by atoms with Gasteiger partial charge in [-0.2, -0.15) is 5.10 Å². The van der Waals surface area contributed by atoms with Gasteiger partial charge in [-0.25, -0.2) is 13.9 Å². The molecule has 0 unspecified atom stereocenters. The van der Waals surface area contributed by atoms with Crippen LogP contribution >= 0.6 is 11.6 Å². The molecule has 144 valence electrons. The Morgan fingerprint density at radius 2 is 1.82 bits per heavy atom. The number of hydrogen-bond acceptors (Lipinski definition) is 4. The van der Waals surface area contributed by atoms with E-state index in [9.17, 15) is 14.0 Å². The normalized spacial score (nSPS) is 10.5. The van der Waals surface area contributed by atoms with Gasteiger partial charge in [-0.05, 0) is 36.8 Å². The molecule has 3 rings (SSSR count). The van der Waals surface area contributed by atoms with Crippen molar-refractivity contribution in [1.82, 2.24) is 15.1 Å². The molecule has 1 N–H and O–H groups in total. The topological polar surface area (TPSA) is 73.2 Å². The number of para-hydroxylation sites is 1. The zero-order chi connectivity index (χ0) is 20.1. The maximum Gasteiger partial charge on any atom is 0.343 e. The van der Waals surface area contributed by atoms with Crippen LogP contribution in [0.3, 0.4) is 0 Å². The van der Waals surface area contributed by atoms with Gasteiger partial charge in [0.15, 0.2) is 6.61 Å². The van der Waals surface area contributed by atoms with Gasteiger partial charge in [0.25, 0.3) is 5.91 Å². The van der Waals surface area contributed by atoms with Crippen LogP contribution in [0.1, 0.15) is 21.6 Å². The van der Waals surface area contributed by atoms with E-state index in [0.717, 1.165) is 5.56 Å². The first kappa shape index (κ1) is 19.6. The lowest BCUT2D eigenvalue weighted by Gasteiger charge is -2.07. The van der Waals surface area contributed by atoms with Crippen molar-refractivity contribution in [3.63, 3.8) is 0 Å². The fraction of sp³-hybridized carbons (Fsp3) is 0.150. The molecule has 1 heterocycles. The number of rotatable bonds is 6. The highest BCUT2D eigenvalue weighted by molar-refractivity contribution is 6.33. The molecule has 2 aromatic carbocycles. The maximum atomic E-state index is 12.9. The van der Waals surface area contributed by atoms with Crippen molar-refractivity contribution >= 4 is 23.5 Å². The second-order valence-electron chi connectivity index (χ2n) is 5.98. The first-order chi connectivity index (χ1) is 13.5. The number of carbonyl (C=O) groups is 2. The van der Waals surface area contributed by atoms with Crippen molar-refractivity contribution in [3.8, 4) is 5.69 Å². The number of halogens is 2. The van der Waals surface area contributed by atoms with Gasteiger partial charge in [0, 0.05) is 6.54 Å². The lowest BCUT2D eigenvalue weighted by Crippen LogP contribution is -2.28. The van der Waals surface area contributed by atoms with Crippen LogP contribution in [0.2, 0.25) is 5.15 Å². The molecular weight excluding hydrogens is 385 g/mol. The van der Waals surface area contributed by atoms with E-state index in [2.05, 4.69) is 10.4 Å². The lowest BCUT2D eigenvalue weighted by atomic mass is 10.2. The third kappa shape index (κ3) is 4.55. The van der Waals surface area contributed by atoms with Gasteiger partial charge in [-0.15, -0.1) is 0 Å². The van der Waals surface area contributed by atoms with Crippen molar-refractivity contribution in [2.45, 2.75) is 13.5 Å². The van der Waals surface area contributed by atoms with Gasteiger partial charge in [0.2, 0.25) is 0 Å². The number of nitrogens with one attached hydrogen (secondary N) is 1. The monoisotopic (exact) mass is 401 g/mol. The Morgan fingerprint density at radius 3 is 2.50 bits per heavy atom. The molecule has 0 bridgehead atoms. The number of carbonyl (C=O) groups excluding carboxylic acids is 2. The molecule has 6 nitrogen and oxygen atoms in total. The van der Waals surface area contributed by atoms with Crippen LogP contribution in [0.5, 0.6) is 0 Å². The average molecular weight is 402 g/mol. The van der Waals surface area contributed by atoms with E-state index in [1.165, 1.54) is 16.8 Å². The summed E-state index contributed by atoms with van der Waals surface area (Å²) in [6.45, 7) is 1.37. The molecule has 0 aliphatic carbocycles. The van der Waals surface area contributed by atoms with Crippen molar-refractivity contribution < 1.29 is 18.7 Å². The van der Waals surface area contributed by atoms with E-state index >= 15 is 0 Å². The molecule has 1 amide bonds. The van der Waals surface area contributed by atoms with Crippen molar-refractivity contribution in [1.29, 1.82) is 0 Å². The van der Waals surface area contributed by atoms with Gasteiger partial charge < -0.3 is 10.1 Å². The Kier molecular flexibility index (Phi) is 6.06. The van der Waals surface area contributed by atoms with Gasteiger partial charge >= 0.3 is 5.97 Å². The van der Waals surface area contributed by atoms with Gasteiger partial charge in [-0.1, -0.05) is 41.9 Å². The third-order valence-electron chi connectivity index (χ3n) is 3.95. The maximum absolute atomic E-state index is 12.9. The molecule has 0 atom stereocenters. The Hall–Kier alpha value is -3.19. The number of esters is 1. The minimum absolute atomic E-state index is 0.108. The summed E-state index contributed by atoms with van der Waals surface area (Å²) in [7, 11) is 0. The molecular formula is C20H17ClFN3O3. The second-order valence-corrected chi connectivity index (χ2v) is 6.34. The molecule has 0 radical (unpaired) electrons. The summed E-state index contributed by atoms with van der Waals surface area (Å²) < 4.78 is 19.4. The predicted molar refractivity (Wildman–Crippen MR) is 102 cm³/mol. The van der Waals surface area contributed by atoms with E-state index in [0.29, 0.717) is 11.4 Å². The van der Waals surface area contributed by atoms with Crippen molar-refractivity contribution in [2.75, 3.05) is 6.61 Å². The highest BCUT2D eigenvalue weighted by atomic mass is 35.5. The third-order valence-corrected chi connectivity index (χ3v) is 4.30. The summed E-state index contributed by atoms with van der Waals surface area (Å²) in [6.07, 6.45) is 0. The van der Waals surface area contributed by atoms with Gasteiger partial charge in [-0.3, -0.25) is 4.79 Å². The minimum Gasteiger partial charge on any atom is -0.452 e. The summed E-state index contributed by atoms with van der Waals surface area (Å²) in [4.78, 5) is 24.3. The van der Waals surface area contributed by atoms with E-state index in [4.69, 9.17) is 16.3 Å². The quantitative estimate of drug-likeness (QED) is 0.642. The van der Waals surface area contributed by atoms with Gasteiger partial charge in [0.1, 0.15) is 16.5 Å². The molecule has 3 aromatic rings. The number of aryl methyl sites for hydroxylation is 1. The van der Waals surface area contributed by atoms with Gasteiger partial charge in [0.05, 0.1) is 11.4 Å². The first-order valence-electron chi connectivity index (χ1n) is 8.44. The Labute approximate surface area is 165 Å². The summed E-state index contributed by atoms with van der Waals surface area (Å²) in [5.41, 5.74) is 1.93.